The molecule has 0 saturated heterocycles. The number of sulfonamides is 1. The number of benzene rings is 1. The molecule has 114 valence electrons. The molecule has 6 nitrogen and oxygen atoms in total. The SMILES string of the molecule is CN(CCS(C)(=O)=O)S(=O)(=O)c1cc(Cl)cc(N)c1Br. The molecule has 0 amide bonds. The molecule has 20 heavy (non-hydrogen) atoms. The quantitative estimate of drug-likeness (QED) is 0.746. The van der Waals surface area contributed by atoms with E-state index >= 15 is 0 Å². The Morgan fingerprint density at radius 1 is 1.30 bits per heavy atom. The van der Waals surface area contributed by atoms with Gasteiger partial charge in [-0.05, 0) is 28.1 Å². The highest BCUT2D eigenvalue weighted by Gasteiger charge is 2.25. The Hall–Kier alpha value is -0.350. The predicted octanol–water partition coefficient (Wildman–Crippen LogP) is 1.35. The van der Waals surface area contributed by atoms with Gasteiger partial charge in [-0.1, -0.05) is 11.6 Å². The van der Waals surface area contributed by atoms with Crippen molar-refractivity contribution >= 4 is 53.1 Å². The maximum Gasteiger partial charge on any atom is 0.244 e. The fourth-order valence-electron chi connectivity index (χ4n) is 1.35. The first-order valence-electron chi connectivity index (χ1n) is 5.34. The van der Waals surface area contributed by atoms with Crippen molar-refractivity contribution in [3.05, 3.63) is 21.6 Å². The summed E-state index contributed by atoms with van der Waals surface area (Å²) in [6, 6.07) is 2.68. The topological polar surface area (TPSA) is 97.5 Å². The van der Waals surface area contributed by atoms with Crippen LogP contribution < -0.4 is 5.73 Å². The van der Waals surface area contributed by atoms with Crippen LogP contribution in [0.25, 0.3) is 0 Å². The van der Waals surface area contributed by atoms with Crippen LogP contribution in [0, 0.1) is 0 Å². The first-order valence-corrected chi connectivity index (χ1v) is 10.0. The molecule has 0 atom stereocenters. The summed E-state index contributed by atoms with van der Waals surface area (Å²) in [6.07, 6.45) is 1.04. The van der Waals surface area contributed by atoms with Gasteiger partial charge in [-0.15, -0.1) is 0 Å². The minimum Gasteiger partial charge on any atom is -0.398 e. The molecule has 0 saturated carbocycles. The summed E-state index contributed by atoms with van der Waals surface area (Å²) >= 11 is 8.90. The van der Waals surface area contributed by atoms with Gasteiger partial charge in [0.1, 0.15) is 9.84 Å². The molecule has 0 aliphatic rings. The molecule has 1 aromatic carbocycles. The van der Waals surface area contributed by atoms with Gasteiger partial charge in [0.25, 0.3) is 0 Å². The lowest BCUT2D eigenvalue weighted by atomic mass is 10.3. The maximum absolute atomic E-state index is 12.4. The Morgan fingerprint density at radius 3 is 2.35 bits per heavy atom. The summed E-state index contributed by atoms with van der Waals surface area (Å²) in [5.74, 6) is -0.267. The van der Waals surface area contributed by atoms with Crippen LogP contribution in [0.3, 0.4) is 0 Å². The van der Waals surface area contributed by atoms with Crippen LogP contribution in [0.2, 0.25) is 5.02 Å². The minimum absolute atomic E-state index is 0.0986. The first kappa shape index (κ1) is 17.7. The van der Waals surface area contributed by atoms with Crippen LogP contribution in [0.5, 0.6) is 0 Å². The zero-order chi connectivity index (χ0) is 15.7. The number of hydrogen-bond acceptors (Lipinski definition) is 5. The van der Waals surface area contributed by atoms with Crippen molar-refractivity contribution in [3.8, 4) is 0 Å². The third-order valence-corrected chi connectivity index (χ3v) is 6.67. The third kappa shape index (κ3) is 4.32. The van der Waals surface area contributed by atoms with Crippen LogP contribution in [-0.2, 0) is 19.9 Å². The van der Waals surface area contributed by atoms with Gasteiger partial charge in [0.2, 0.25) is 10.0 Å². The van der Waals surface area contributed by atoms with E-state index < -0.39 is 19.9 Å². The van der Waals surface area contributed by atoms with Crippen LogP contribution in [0.4, 0.5) is 5.69 Å². The zero-order valence-corrected chi connectivity index (χ0v) is 14.8. The first-order chi connectivity index (χ1) is 8.95. The summed E-state index contributed by atoms with van der Waals surface area (Å²) in [6.45, 7) is -0.153. The maximum atomic E-state index is 12.4. The van der Waals surface area contributed by atoms with Crippen LogP contribution >= 0.6 is 27.5 Å². The monoisotopic (exact) mass is 404 g/mol. The van der Waals surface area contributed by atoms with E-state index in [-0.39, 0.29) is 32.4 Å². The molecule has 0 radical (unpaired) electrons. The number of halogens is 2. The fourth-order valence-corrected chi connectivity index (χ4v) is 4.50. The molecule has 0 heterocycles. The average molecular weight is 406 g/mol. The van der Waals surface area contributed by atoms with Crippen molar-refractivity contribution in [2.45, 2.75) is 4.90 Å². The minimum atomic E-state index is -3.88. The normalized spacial score (nSPS) is 12.8. The fraction of sp³-hybridized carbons (Fsp3) is 0.400. The lowest BCUT2D eigenvalue weighted by Gasteiger charge is -2.18. The van der Waals surface area contributed by atoms with E-state index in [1.54, 1.807) is 0 Å². The molecule has 0 aliphatic heterocycles. The summed E-state index contributed by atoms with van der Waals surface area (Å²) in [7, 11) is -5.84. The average Bonchev–Trinajstić information content (AvgIpc) is 2.29. The Kier molecular flexibility index (Phi) is 5.47. The molecule has 0 spiro atoms. The van der Waals surface area contributed by atoms with Crippen molar-refractivity contribution in [1.82, 2.24) is 4.31 Å². The number of nitrogens with two attached hydrogens (primary N) is 1. The van der Waals surface area contributed by atoms with Crippen molar-refractivity contribution in [1.29, 1.82) is 0 Å². The van der Waals surface area contributed by atoms with Crippen LogP contribution in [-0.4, -0.2) is 46.7 Å². The Morgan fingerprint density at radius 2 is 1.85 bits per heavy atom. The molecular weight excluding hydrogens is 392 g/mol. The predicted molar refractivity (Wildman–Crippen MR) is 83.1 cm³/mol. The lowest BCUT2D eigenvalue weighted by molar-refractivity contribution is 0.484. The van der Waals surface area contributed by atoms with E-state index in [0.29, 0.717) is 0 Å². The van der Waals surface area contributed by atoms with Crippen molar-refractivity contribution in [2.75, 3.05) is 31.3 Å². The summed E-state index contributed by atoms with van der Waals surface area (Å²) in [5, 5.41) is 0.181. The number of hydrogen-bond donors (Lipinski definition) is 1. The molecule has 0 unspecified atom stereocenters. The van der Waals surface area contributed by atoms with Crippen LogP contribution in [0.15, 0.2) is 21.5 Å². The zero-order valence-electron chi connectivity index (χ0n) is 10.8. The van der Waals surface area contributed by atoms with Gasteiger partial charge in [0.15, 0.2) is 0 Å². The van der Waals surface area contributed by atoms with Gasteiger partial charge < -0.3 is 5.73 Å². The van der Waals surface area contributed by atoms with E-state index in [2.05, 4.69) is 15.9 Å². The second-order valence-corrected chi connectivity index (χ2v) is 9.77. The van der Waals surface area contributed by atoms with Gasteiger partial charge in [-0.2, -0.15) is 4.31 Å². The van der Waals surface area contributed by atoms with Crippen molar-refractivity contribution in [2.24, 2.45) is 0 Å². The van der Waals surface area contributed by atoms with Gasteiger partial charge in [0, 0.05) is 30.6 Å². The molecule has 0 fully saturated rings. The number of rotatable bonds is 5. The van der Waals surface area contributed by atoms with E-state index in [4.69, 9.17) is 17.3 Å². The van der Waals surface area contributed by atoms with Gasteiger partial charge in [-0.25, -0.2) is 16.8 Å². The second-order valence-electron chi connectivity index (χ2n) is 4.26. The van der Waals surface area contributed by atoms with E-state index in [0.717, 1.165) is 10.6 Å². The highest BCUT2D eigenvalue weighted by atomic mass is 79.9. The lowest BCUT2D eigenvalue weighted by Crippen LogP contribution is -2.31. The van der Waals surface area contributed by atoms with Crippen LogP contribution in [0.1, 0.15) is 0 Å². The standard InChI is InChI=1S/C10H14BrClN2O4S2/c1-14(3-4-19(2,15)16)20(17,18)9-6-7(12)5-8(13)10(9)11/h5-6H,3-4,13H2,1-2H3. The van der Waals surface area contributed by atoms with E-state index in [9.17, 15) is 16.8 Å². The number of nitrogen functional groups attached to an aromatic ring is 1. The molecule has 0 aromatic heterocycles. The molecule has 0 aliphatic carbocycles. The van der Waals surface area contributed by atoms with E-state index in [1.807, 2.05) is 0 Å². The Bertz CT molecular complexity index is 719. The molecule has 1 aromatic rings. The van der Waals surface area contributed by atoms with E-state index in [1.165, 1.54) is 19.2 Å². The van der Waals surface area contributed by atoms with Crippen molar-refractivity contribution < 1.29 is 16.8 Å². The molecule has 1 rings (SSSR count). The highest BCUT2D eigenvalue weighted by molar-refractivity contribution is 9.10. The summed E-state index contributed by atoms with van der Waals surface area (Å²) in [4.78, 5) is -0.0986. The largest absolute Gasteiger partial charge is 0.398 e. The Labute approximate surface area is 132 Å². The van der Waals surface area contributed by atoms with Gasteiger partial charge in [0.05, 0.1) is 15.1 Å². The Balaban J connectivity index is 3.17. The molecule has 10 heteroatoms. The molecule has 2 N–H and O–H groups in total. The molecular formula is C10H14BrClN2O4S2. The summed E-state index contributed by atoms with van der Waals surface area (Å²) in [5.41, 5.74) is 5.84. The second kappa shape index (κ2) is 6.18. The summed E-state index contributed by atoms with van der Waals surface area (Å²) < 4.78 is 48.1. The van der Waals surface area contributed by atoms with Crippen molar-refractivity contribution in [3.63, 3.8) is 0 Å². The number of nitrogens with zero attached hydrogens (tertiary/aromatic N) is 1. The molecule has 0 bridgehead atoms. The highest BCUT2D eigenvalue weighted by Crippen LogP contribution is 2.32. The number of anilines is 1. The third-order valence-electron chi connectivity index (χ3n) is 2.50. The van der Waals surface area contributed by atoms with Gasteiger partial charge in [-0.3, -0.25) is 0 Å². The number of sulfone groups is 1. The smallest absolute Gasteiger partial charge is 0.244 e. The van der Waals surface area contributed by atoms with Gasteiger partial charge >= 0.3 is 0 Å².